The van der Waals surface area contributed by atoms with E-state index in [0.717, 1.165) is 5.56 Å². The molecule has 0 aromatic carbocycles. The first-order valence-electron chi connectivity index (χ1n) is 6.41. The Balaban J connectivity index is 2.06. The van der Waals surface area contributed by atoms with Gasteiger partial charge in [0.15, 0.2) is 0 Å². The van der Waals surface area contributed by atoms with Crippen molar-refractivity contribution in [3.8, 4) is 11.8 Å². The van der Waals surface area contributed by atoms with Crippen LogP contribution in [-0.2, 0) is 4.79 Å². The summed E-state index contributed by atoms with van der Waals surface area (Å²) < 4.78 is 0. The Bertz CT molecular complexity index is 557. The Morgan fingerprint density at radius 1 is 1.45 bits per heavy atom. The van der Waals surface area contributed by atoms with E-state index < -0.39 is 0 Å². The van der Waals surface area contributed by atoms with Crippen molar-refractivity contribution in [2.45, 2.75) is 6.42 Å². The van der Waals surface area contributed by atoms with E-state index >= 15 is 0 Å². The predicted octanol–water partition coefficient (Wildman–Crippen LogP) is -0.646. The highest BCUT2D eigenvalue weighted by atomic mass is 16.2. The third-order valence-electron chi connectivity index (χ3n) is 2.92. The zero-order valence-electron chi connectivity index (χ0n) is 11.1. The van der Waals surface area contributed by atoms with Crippen molar-refractivity contribution >= 4 is 11.8 Å². The number of nitrogens with two attached hydrogens (primary N) is 1. The maximum atomic E-state index is 12.3. The second kappa shape index (κ2) is 6.68. The molecule has 104 valence electrons. The lowest BCUT2D eigenvalue weighted by molar-refractivity contribution is -0.120. The van der Waals surface area contributed by atoms with Crippen LogP contribution < -0.4 is 11.1 Å². The van der Waals surface area contributed by atoms with Gasteiger partial charge in [-0.15, -0.1) is 0 Å². The highest BCUT2D eigenvalue weighted by Crippen LogP contribution is 2.06. The van der Waals surface area contributed by atoms with Gasteiger partial charge in [0.05, 0.1) is 6.54 Å². The lowest BCUT2D eigenvalue weighted by Crippen LogP contribution is -2.34. The molecule has 20 heavy (non-hydrogen) atoms. The van der Waals surface area contributed by atoms with E-state index in [0.29, 0.717) is 31.7 Å². The Morgan fingerprint density at radius 3 is 3.00 bits per heavy atom. The Morgan fingerprint density at radius 2 is 2.30 bits per heavy atom. The van der Waals surface area contributed by atoms with E-state index in [9.17, 15) is 9.59 Å². The molecular formula is C14H16N4O2. The maximum absolute atomic E-state index is 12.3. The molecule has 6 heteroatoms. The van der Waals surface area contributed by atoms with Crippen LogP contribution in [0.3, 0.4) is 0 Å². The summed E-state index contributed by atoms with van der Waals surface area (Å²) in [5.41, 5.74) is 6.37. The van der Waals surface area contributed by atoms with Gasteiger partial charge in [0.25, 0.3) is 5.91 Å². The fourth-order valence-corrected chi connectivity index (χ4v) is 1.88. The zero-order chi connectivity index (χ0) is 14.4. The fourth-order valence-electron chi connectivity index (χ4n) is 1.88. The van der Waals surface area contributed by atoms with Crippen LogP contribution in [0.25, 0.3) is 0 Å². The summed E-state index contributed by atoms with van der Waals surface area (Å²) >= 11 is 0. The number of aromatic nitrogens is 1. The quantitative estimate of drug-likeness (QED) is 0.665. The maximum Gasteiger partial charge on any atom is 0.272 e. The summed E-state index contributed by atoms with van der Waals surface area (Å²) in [4.78, 5) is 29.2. The topological polar surface area (TPSA) is 88.3 Å². The van der Waals surface area contributed by atoms with Crippen LogP contribution >= 0.6 is 0 Å². The minimum absolute atomic E-state index is 0.0272. The molecule has 2 rings (SSSR count). The van der Waals surface area contributed by atoms with Gasteiger partial charge in [-0.1, -0.05) is 11.8 Å². The van der Waals surface area contributed by atoms with Gasteiger partial charge in [0, 0.05) is 37.8 Å². The third-order valence-corrected chi connectivity index (χ3v) is 2.92. The van der Waals surface area contributed by atoms with Gasteiger partial charge >= 0.3 is 0 Å². The molecule has 1 aromatic rings. The third kappa shape index (κ3) is 3.56. The van der Waals surface area contributed by atoms with Crippen LogP contribution in [0, 0.1) is 11.8 Å². The van der Waals surface area contributed by atoms with Crippen molar-refractivity contribution in [1.82, 2.24) is 15.2 Å². The summed E-state index contributed by atoms with van der Waals surface area (Å²) in [6, 6.07) is 3.38. The molecule has 3 N–H and O–H groups in total. The number of hydrogen-bond acceptors (Lipinski definition) is 4. The monoisotopic (exact) mass is 272 g/mol. The number of carbonyl (C=O) groups is 2. The van der Waals surface area contributed by atoms with Gasteiger partial charge < -0.3 is 16.0 Å². The lowest BCUT2D eigenvalue weighted by atomic mass is 10.2. The molecule has 0 atom stereocenters. The van der Waals surface area contributed by atoms with Crippen LogP contribution in [-0.4, -0.2) is 47.9 Å². The molecule has 0 spiro atoms. The van der Waals surface area contributed by atoms with Crippen LogP contribution in [0.4, 0.5) is 0 Å². The van der Waals surface area contributed by atoms with Crippen LogP contribution in [0.1, 0.15) is 22.5 Å². The molecule has 1 saturated heterocycles. The average molecular weight is 272 g/mol. The number of pyridine rings is 1. The number of carbonyl (C=O) groups excluding carboxylic acids is 2. The first-order valence-corrected chi connectivity index (χ1v) is 6.41. The van der Waals surface area contributed by atoms with E-state index in [4.69, 9.17) is 5.73 Å². The van der Waals surface area contributed by atoms with Crippen molar-refractivity contribution in [2.75, 3.05) is 26.2 Å². The largest absolute Gasteiger partial charge is 0.354 e. The van der Waals surface area contributed by atoms with Gasteiger partial charge in [-0.05, 0) is 12.1 Å². The summed E-state index contributed by atoms with van der Waals surface area (Å²) in [6.45, 7) is 1.68. The van der Waals surface area contributed by atoms with Gasteiger partial charge in [0.2, 0.25) is 5.91 Å². The summed E-state index contributed by atoms with van der Waals surface area (Å²) in [5.74, 6) is 5.38. The van der Waals surface area contributed by atoms with E-state index in [1.807, 2.05) is 0 Å². The minimum Gasteiger partial charge on any atom is -0.354 e. The molecule has 1 fully saturated rings. The summed E-state index contributed by atoms with van der Waals surface area (Å²) in [7, 11) is 0. The predicted molar refractivity (Wildman–Crippen MR) is 73.7 cm³/mol. The van der Waals surface area contributed by atoms with Gasteiger partial charge in [0.1, 0.15) is 5.69 Å². The van der Waals surface area contributed by atoms with Gasteiger partial charge in [-0.3, -0.25) is 9.59 Å². The number of hydrogen-bond donors (Lipinski definition) is 2. The number of amides is 2. The molecule has 1 aliphatic rings. The standard InChI is InChI=1S/C14H16N4O2/c15-6-1-2-11-3-4-12(17-10-11)14(20)18-8-5-13(19)16-7-9-18/h3-4,10H,5-9,15H2,(H,16,19). The van der Waals surface area contributed by atoms with Crippen molar-refractivity contribution in [3.63, 3.8) is 0 Å². The molecule has 0 aliphatic carbocycles. The molecule has 0 saturated carbocycles. The molecule has 0 unspecified atom stereocenters. The first-order chi connectivity index (χ1) is 9.70. The molecule has 1 aliphatic heterocycles. The number of nitrogens with one attached hydrogen (secondary N) is 1. The summed E-state index contributed by atoms with van der Waals surface area (Å²) in [5, 5.41) is 2.73. The molecule has 0 radical (unpaired) electrons. The molecule has 6 nitrogen and oxygen atoms in total. The van der Waals surface area contributed by atoms with E-state index in [1.54, 1.807) is 23.2 Å². The Hall–Kier alpha value is -2.39. The van der Waals surface area contributed by atoms with E-state index in [-0.39, 0.29) is 18.4 Å². The molecule has 2 amide bonds. The van der Waals surface area contributed by atoms with Crippen molar-refractivity contribution in [3.05, 3.63) is 29.6 Å². The lowest BCUT2D eigenvalue weighted by Gasteiger charge is -2.18. The van der Waals surface area contributed by atoms with Crippen molar-refractivity contribution in [2.24, 2.45) is 5.73 Å². The average Bonchev–Trinajstić information content (AvgIpc) is 2.70. The zero-order valence-corrected chi connectivity index (χ0v) is 11.1. The van der Waals surface area contributed by atoms with Crippen molar-refractivity contribution in [1.29, 1.82) is 0 Å². The van der Waals surface area contributed by atoms with E-state index in [2.05, 4.69) is 22.1 Å². The van der Waals surface area contributed by atoms with Crippen molar-refractivity contribution < 1.29 is 9.59 Å². The highest BCUT2D eigenvalue weighted by Gasteiger charge is 2.20. The Kier molecular flexibility index (Phi) is 4.69. The Labute approximate surface area is 117 Å². The second-order valence-electron chi connectivity index (χ2n) is 4.33. The SMILES string of the molecule is NCC#Cc1ccc(C(=O)N2CCNC(=O)CC2)nc1. The smallest absolute Gasteiger partial charge is 0.272 e. The molecule has 1 aromatic heterocycles. The first kappa shape index (κ1) is 14.0. The highest BCUT2D eigenvalue weighted by molar-refractivity contribution is 5.93. The van der Waals surface area contributed by atoms with E-state index in [1.165, 1.54) is 0 Å². The second-order valence-corrected chi connectivity index (χ2v) is 4.33. The minimum atomic E-state index is -0.167. The molecule has 0 bridgehead atoms. The van der Waals surface area contributed by atoms with Crippen LogP contribution in [0.2, 0.25) is 0 Å². The molecular weight excluding hydrogens is 256 g/mol. The normalized spacial score (nSPS) is 14.8. The number of nitrogens with zero attached hydrogens (tertiary/aromatic N) is 2. The molecule has 2 heterocycles. The van der Waals surface area contributed by atoms with Crippen LogP contribution in [0.15, 0.2) is 18.3 Å². The van der Waals surface area contributed by atoms with Crippen LogP contribution in [0.5, 0.6) is 0 Å². The van der Waals surface area contributed by atoms with Gasteiger partial charge in [-0.25, -0.2) is 4.98 Å². The fraction of sp³-hybridized carbons (Fsp3) is 0.357. The summed E-state index contributed by atoms with van der Waals surface area (Å²) in [6.07, 6.45) is 1.88. The van der Waals surface area contributed by atoms with Gasteiger partial charge in [-0.2, -0.15) is 0 Å². The number of rotatable bonds is 1.